The molecule has 0 radical (unpaired) electrons. The Bertz CT molecular complexity index is 2580. The minimum Gasteiger partial charge on any atom is -0.391 e. The fraction of sp³-hybridized carbons (Fsp3) is 0.447. The molecular weight excluding hydrogens is 902 g/mol. The summed E-state index contributed by atoms with van der Waals surface area (Å²) in [5.41, 5.74) is 7.70. The predicted octanol–water partition coefficient (Wildman–Crippen LogP) is 5.58. The molecule has 2 aromatic carbocycles. The van der Waals surface area contributed by atoms with Gasteiger partial charge < -0.3 is 35.4 Å². The van der Waals surface area contributed by atoms with E-state index in [1.54, 1.807) is 22.7 Å². The fourth-order valence-corrected chi connectivity index (χ4v) is 10.2. The van der Waals surface area contributed by atoms with Crippen molar-refractivity contribution in [2.45, 2.75) is 92.1 Å². The van der Waals surface area contributed by atoms with E-state index in [1.807, 2.05) is 93.2 Å². The molecule has 7 rings (SSSR count). The van der Waals surface area contributed by atoms with Crippen LogP contribution in [-0.4, -0.2) is 117 Å². The third-order valence-corrected chi connectivity index (χ3v) is 14.0. The van der Waals surface area contributed by atoms with E-state index in [0.717, 1.165) is 54.0 Å². The van der Waals surface area contributed by atoms with Crippen LogP contribution < -0.4 is 16.0 Å². The van der Waals surface area contributed by atoms with Crippen LogP contribution in [0.3, 0.4) is 0 Å². The second-order valence-electron chi connectivity index (χ2n) is 17.6. The van der Waals surface area contributed by atoms with Gasteiger partial charge in [-0.05, 0) is 61.9 Å². The summed E-state index contributed by atoms with van der Waals surface area (Å²) in [5.74, 6) is -0.304. The van der Waals surface area contributed by atoms with E-state index in [9.17, 15) is 24.3 Å². The molecule has 350 valence electrons. The lowest BCUT2D eigenvalue weighted by Gasteiger charge is -2.35. The molecule has 3 aromatic heterocycles. The van der Waals surface area contributed by atoms with Crippen LogP contribution >= 0.6 is 34.3 Å². The van der Waals surface area contributed by atoms with Gasteiger partial charge >= 0.3 is 0 Å². The number of likely N-dealkylation sites (tertiary alicyclic amines) is 1. The normalized spacial score (nSPS) is 17.4. The summed E-state index contributed by atoms with van der Waals surface area (Å²) in [6.07, 6.45) is -0.769. The first-order valence-electron chi connectivity index (χ1n) is 21.8. The second-order valence-corrected chi connectivity index (χ2v) is 20.1. The Morgan fingerprint density at radius 1 is 0.924 bits per heavy atom. The van der Waals surface area contributed by atoms with Crippen molar-refractivity contribution in [3.8, 4) is 15.4 Å². The molecule has 0 bridgehead atoms. The number of β-amino-alcohol motifs (C(OH)–C–C–N with tert-alkyl or cyclic N) is 1. The summed E-state index contributed by atoms with van der Waals surface area (Å²) in [7, 11) is 0. The molecular formula is C47H56ClN9O7S2. The van der Waals surface area contributed by atoms with Crippen LogP contribution in [0.4, 0.5) is 0 Å². The van der Waals surface area contributed by atoms with Crippen LogP contribution in [0.1, 0.15) is 84.1 Å². The highest BCUT2D eigenvalue weighted by Gasteiger charge is 2.44. The Balaban J connectivity index is 0.852. The Labute approximate surface area is 397 Å². The number of nitrogens with zero attached hydrogens (tertiary/aromatic N) is 6. The van der Waals surface area contributed by atoms with Crippen molar-refractivity contribution in [1.82, 2.24) is 40.6 Å². The highest BCUT2D eigenvalue weighted by molar-refractivity contribution is 7.15. The summed E-state index contributed by atoms with van der Waals surface area (Å²) in [4.78, 5) is 66.9. The molecule has 19 heteroatoms. The molecule has 0 saturated carbocycles. The number of benzene rings is 2. The lowest BCUT2D eigenvalue weighted by molar-refractivity contribution is -0.144. The van der Waals surface area contributed by atoms with E-state index in [2.05, 4.69) is 45.0 Å². The van der Waals surface area contributed by atoms with Gasteiger partial charge in [-0.15, -0.1) is 32.9 Å². The second kappa shape index (κ2) is 21.1. The summed E-state index contributed by atoms with van der Waals surface area (Å²) < 4.78 is 13.2. The number of aliphatic hydroxyl groups excluding tert-OH is 1. The quantitative estimate of drug-likeness (QED) is 0.0853. The van der Waals surface area contributed by atoms with E-state index in [4.69, 9.17) is 26.1 Å². The van der Waals surface area contributed by atoms with Crippen molar-refractivity contribution >= 4 is 63.6 Å². The maximum atomic E-state index is 14.0. The lowest BCUT2D eigenvalue weighted by Crippen LogP contribution is -2.58. The number of nitrogens with one attached hydrogen (secondary N) is 3. The smallest absolute Gasteiger partial charge is 0.246 e. The number of thiophene rings is 1. The number of aliphatic imine (C=N–C) groups is 1. The number of thiazole rings is 1. The third-order valence-electron chi connectivity index (χ3n) is 11.6. The van der Waals surface area contributed by atoms with Crippen LogP contribution in [0.2, 0.25) is 5.02 Å². The number of aliphatic hydroxyl groups is 1. The van der Waals surface area contributed by atoms with Crippen molar-refractivity contribution in [3.05, 3.63) is 104 Å². The molecule has 1 saturated heterocycles. The number of ether oxygens (including phenoxy) is 2. The average Bonchev–Trinajstić information content (AvgIpc) is 4.05. The van der Waals surface area contributed by atoms with E-state index in [-0.39, 0.29) is 70.7 Å². The highest BCUT2D eigenvalue weighted by Crippen LogP contribution is 2.40. The zero-order chi connectivity index (χ0) is 47.3. The van der Waals surface area contributed by atoms with E-state index in [1.165, 1.54) is 4.90 Å². The minimum absolute atomic E-state index is 0.0332. The van der Waals surface area contributed by atoms with Gasteiger partial charge in [0.05, 0.1) is 54.1 Å². The van der Waals surface area contributed by atoms with Crippen LogP contribution in [-0.2, 0) is 35.2 Å². The zero-order valence-corrected chi connectivity index (χ0v) is 40.5. The Hall–Kier alpha value is -5.37. The zero-order valence-electron chi connectivity index (χ0n) is 38.1. The molecule has 0 unspecified atom stereocenters. The first-order valence-corrected chi connectivity index (χ1v) is 23.9. The number of aromatic nitrogens is 4. The van der Waals surface area contributed by atoms with Crippen molar-refractivity contribution in [1.29, 1.82) is 0 Å². The molecule has 66 heavy (non-hydrogen) atoms. The van der Waals surface area contributed by atoms with Gasteiger partial charge in [0.1, 0.15) is 35.6 Å². The number of fused-ring (bicyclic) bond motifs is 3. The van der Waals surface area contributed by atoms with Crippen LogP contribution in [0.5, 0.6) is 0 Å². The Morgan fingerprint density at radius 3 is 2.33 bits per heavy atom. The molecule has 5 heterocycles. The molecule has 4 atom stereocenters. The minimum atomic E-state index is -0.994. The van der Waals surface area contributed by atoms with Crippen LogP contribution in [0.15, 0.2) is 59.0 Å². The molecule has 4 amide bonds. The van der Waals surface area contributed by atoms with Gasteiger partial charge in [-0.3, -0.25) is 28.7 Å². The monoisotopic (exact) mass is 957 g/mol. The summed E-state index contributed by atoms with van der Waals surface area (Å²) in [6.45, 7) is 14.0. The Kier molecular flexibility index (Phi) is 15.5. The standard InChI is InChI=1S/C47H56ClN9O7S2/c1-26-28(3)66-46-39(26)40(31-12-14-33(48)15-13-31)52-35(43-55-54-29(4)57(43)46)21-37(59)49-16-17-63-18-19-64-24-38(60)53-42(47(5,6)7)45(62)56-23-34(58)20-36(56)44(61)50-22-30-8-10-32(11-9-30)41-27(2)51-25-65-41/h8-15,25,34-36,42,58H,16-24H2,1-7H3,(H,49,59)(H,50,61)(H,53,60)/t34-,35+,36+,42-/m1/s1. The number of hydrogen-bond donors (Lipinski definition) is 4. The predicted molar refractivity (Wildman–Crippen MR) is 254 cm³/mol. The summed E-state index contributed by atoms with van der Waals surface area (Å²) >= 11 is 9.44. The van der Waals surface area contributed by atoms with Gasteiger partial charge in [0.15, 0.2) is 5.82 Å². The number of hydrogen-bond acceptors (Lipinski definition) is 13. The SMILES string of the molecule is Cc1ncsc1-c1ccc(CNC(=O)[C@@H]2C[C@@H](O)CN2C(=O)[C@@H](NC(=O)COCCOCCNC(=O)C[C@@H]2N=C(c3ccc(Cl)cc3)c3c(sc(C)c3C)-n3c(C)nnc32)C(C)(C)C)cc1. The van der Waals surface area contributed by atoms with Gasteiger partial charge in [-0.1, -0.05) is 68.8 Å². The molecule has 5 aromatic rings. The van der Waals surface area contributed by atoms with Gasteiger partial charge in [0.25, 0.3) is 0 Å². The van der Waals surface area contributed by atoms with Crippen molar-refractivity contribution in [2.75, 3.05) is 39.5 Å². The van der Waals surface area contributed by atoms with Gasteiger partial charge in [0, 0.05) is 47.1 Å². The van der Waals surface area contributed by atoms with Gasteiger partial charge in [-0.25, -0.2) is 4.98 Å². The number of rotatable bonds is 17. The maximum Gasteiger partial charge on any atom is 0.246 e. The molecule has 2 aliphatic rings. The number of carbonyl (C=O) groups is 4. The van der Waals surface area contributed by atoms with Crippen molar-refractivity contribution in [3.63, 3.8) is 0 Å². The van der Waals surface area contributed by atoms with Crippen LogP contribution in [0.25, 0.3) is 15.4 Å². The molecule has 1 fully saturated rings. The highest BCUT2D eigenvalue weighted by atomic mass is 35.5. The summed E-state index contributed by atoms with van der Waals surface area (Å²) in [5, 5.41) is 29.6. The number of halogens is 1. The average molecular weight is 959 g/mol. The summed E-state index contributed by atoms with van der Waals surface area (Å²) in [6, 6.07) is 12.9. The van der Waals surface area contributed by atoms with Gasteiger partial charge in [0.2, 0.25) is 23.6 Å². The number of aryl methyl sites for hydroxylation is 3. The fourth-order valence-electron chi connectivity index (χ4n) is 8.01. The largest absolute Gasteiger partial charge is 0.391 e. The number of carbonyl (C=O) groups excluding carboxylic acids is 4. The van der Waals surface area contributed by atoms with Crippen molar-refractivity contribution < 1.29 is 33.8 Å². The van der Waals surface area contributed by atoms with Crippen molar-refractivity contribution in [2.24, 2.45) is 10.4 Å². The van der Waals surface area contributed by atoms with E-state index < -0.39 is 41.5 Å². The van der Waals surface area contributed by atoms with E-state index >= 15 is 0 Å². The molecule has 0 spiro atoms. The molecule has 2 aliphatic heterocycles. The molecule has 16 nitrogen and oxygen atoms in total. The lowest BCUT2D eigenvalue weighted by atomic mass is 9.85. The van der Waals surface area contributed by atoms with Gasteiger partial charge in [-0.2, -0.15) is 0 Å². The molecule has 0 aliphatic carbocycles. The third kappa shape index (κ3) is 11.2. The number of amides is 4. The Morgan fingerprint density at radius 2 is 1.64 bits per heavy atom. The maximum absolute atomic E-state index is 14.0. The van der Waals surface area contributed by atoms with Crippen LogP contribution in [0, 0.1) is 33.1 Å². The first-order chi connectivity index (χ1) is 31.5. The molecule has 4 N–H and O–H groups in total. The topological polar surface area (TPSA) is 202 Å². The van der Waals surface area contributed by atoms with E-state index in [0.29, 0.717) is 16.7 Å². The first kappa shape index (κ1) is 48.6.